The molecule has 0 atom stereocenters. The summed E-state index contributed by atoms with van der Waals surface area (Å²) in [6.45, 7) is 4.06. The zero-order valence-corrected chi connectivity index (χ0v) is 17.9. The largest absolute Gasteiger partial charge is 0.467 e. The van der Waals surface area contributed by atoms with Crippen molar-refractivity contribution in [1.29, 1.82) is 0 Å². The Morgan fingerprint density at radius 1 is 1.13 bits per heavy atom. The molecule has 0 fully saturated rings. The van der Waals surface area contributed by atoms with Crippen LogP contribution in [0.2, 0.25) is 5.02 Å². The van der Waals surface area contributed by atoms with E-state index >= 15 is 0 Å². The summed E-state index contributed by atoms with van der Waals surface area (Å²) in [6.07, 6.45) is 1.55. The molecule has 4 rings (SSSR count). The van der Waals surface area contributed by atoms with Gasteiger partial charge in [0.1, 0.15) is 15.5 Å². The standard InChI is InChI=1S/C22H18ClN3O3S/c1-12-10-13(2)25-22-17(12)18(26-20(27)15-7-3-4-8-16(15)23)19(30-22)21(28)24-11-14-6-5-9-29-14/h3-10H,11H2,1-2H3,(H,24,28)(H,26,27). The lowest BCUT2D eigenvalue weighted by molar-refractivity contribution is 0.0953. The quantitative estimate of drug-likeness (QED) is 0.439. The highest BCUT2D eigenvalue weighted by atomic mass is 35.5. The summed E-state index contributed by atoms with van der Waals surface area (Å²) < 4.78 is 5.27. The Kier molecular flexibility index (Phi) is 5.57. The molecule has 0 spiro atoms. The highest BCUT2D eigenvalue weighted by Crippen LogP contribution is 2.37. The van der Waals surface area contributed by atoms with Gasteiger partial charge in [0.25, 0.3) is 11.8 Å². The second kappa shape index (κ2) is 8.30. The maximum atomic E-state index is 13.0. The third kappa shape index (κ3) is 3.94. The van der Waals surface area contributed by atoms with Crippen molar-refractivity contribution in [3.05, 3.63) is 81.2 Å². The molecule has 0 saturated carbocycles. The number of pyridine rings is 1. The van der Waals surface area contributed by atoms with Crippen molar-refractivity contribution >= 4 is 50.7 Å². The van der Waals surface area contributed by atoms with E-state index < -0.39 is 0 Å². The van der Waals surface area contributed by atoms with Crippen LogP contribution in [0.5, 0.6) is 0 Å². The van der Waals surface area contributed by atoms with E-state index in [1.54, 1.807) is 42.7 Å². The van der Waals surface area contributed by atoms with Crippen molar-refractivity contribution < 1.29 is 14.0 Å². The molecule has 2 N–H and O–H groups in total. The van der Waals surface area contributed by atoms with Crippen LogP contribution >= 0.6 is 22.9 Å². The van der Waals surface area contributed by atoms with Crippen LogP contribution in [-0.2, 0) is 6.54 Å². The van der Waals surface area contributed by atoms with E-state index in [9.17, 15) is 9.59 Å². The van der Waals surface area contributed by atoms with Gasteiger partial charge in [-0.05, 0) is 49.7 Å². The number of benzene rings is 1. The van der Waals surface area contributed by atoms with Crippen LogP contribution in [0.1, 0.15) is 37.0 Å². The molecule has 0 radical (unpaired) electrons. The van der Waals surface area contributed by atoms with E-state index in [0.29, 0.717) is 31.7 Å². The number of aromatic nitrogens is 1. The minimum atomic E-state index is -0.389. The number of thiophene rings is 1. The molecule has 4 aromatic rings. The van der Waals surface area contributed by atoms with Crippen LogP contribution in [0.3, 0.4) is 0 Å². The maximum Gasteiger partial charge on any atom is 0.263 e. The van der Waals surface area contributed by atoms with Crippen LogP contribution in [0, 0.1) is 13.8 Å². The smallest absolute Gasteiger partial charge is 0.263 e. The lowest BCUT2D eigenvalue weighted by Gasteiger charge is -2.10. The van der Waals surface area contributed by atoms with E-state index in [4.69, 9.17) is 16.0 Å². The first-order chi connectivity index (χ1) is 14.4. The summed E-state index contributed by atoms with van der Waals surface area (Å²) in [5, 5.41) is 6.80. The second-order valence-corrected chi connectivity index (χ2v) is 8.17. The summed E-state index contributed by atoms with van der Waals surface area (Å²) in [5.41, 5.74) is 2.53. The van der Waals surface area contributed by atoms with Crippen LogP contribution in [0.15, 0.2) is 53.1 Å². The molecule has 0 saturated heterocycles. The van der Waals surface area contributed by atoms with Crippen molar-refractivity contribution in [2.75, 3.05) is 5.32 Å². The number of fused-ring (bicyclic) bond motifs is 1. The molecule has 3 heterocycles. The summed E-state index contributed by atoms with van der Waals surface area (Å²) >= 11 is 7.42. The lowest BCUT2D eigenvalue weighted by Crippen LogP contribution is -2.23. The number of aryl methyl sites for hydroxylation is 2. The first-order valence-electron chi connectivity index (χ1n) is 9.21. The van der Waals surface area contributed by atoms with Crippen molar-refractivity contribution in [2.45, 2.75) is 20.4 Å². The highest BCUT2D eigenvalue weighted by Gasteiger charge is 2.23. The molecule has 0 bridgehead atoms. The van der Waals surface area contributed by atoms with Crippen LogP contribution in [0.25, 0.3) is 10.2 Å². The first-order valence-corrected chi connectivity index (χ1v) is 10.4. The van der Waals surface area contributed by atoms with Gasteiger partial charge >= 0.3 is 0 Å². The van der Waals surface area contributed by atoms with Crippen molar-refractivity contribution in [3.63, 3.8) is 0 Å². The topological polar surface area (TPSA) is 84.2 Å². The van der Waals surface area contributed by atoms with E-state index in [1.165, 1.54) is 11.3 Å². The minimum Gasteiger partial charge on any atom is -0.467 e. The fourth-order valence-electron chi connectivity index (χ4n) is 3.21. The number of amides is 2. The number of rotatable bonds is 5. The molecule has 8 heteroatoms. The zero-order valence-electron chi connectivity index (χ0n) is 16.3. The predicted octanol–water partition coefficient (Wildman–Crippen LogP) is 5.34. The Morgan fingerprint density at radius 3 is 2.67 bits per heavy atom. The van der Waals surface area contributed by atoms with E-state index in [-0.39, 0.29) is 18.4 Å². The second-order valence-electron chi connectivity index (χ2n) is 6.76. The van der Waals surface area contributed by atoms with E-state index in [1.807, 2.05) is 19.9 Å². The molecule has 3 aromatic heterocycles. The number of anilines is 1. The highest BCUT2D eigenvalue weighted by molar-refractivity contribution is 7.21. The molecule has 6 nitrogen and oxygen atoms in total. The van der Waals surface area contributed by atoms with Crippen LogP contribution < -0.4 is 10.6 Å². The molecule has 0 aliphatic carbocycles. The Bertz CT molecular complexity index is 1250. The number of furan rings is 1. The van der Waals surface area contributed by atoms with Gasteiger partial charge in [0.2, 0.25) is 0 Å². The molecule has 0 unspecified atom stereocenters. The number of hydrogen-bond donors (Lipinski definition) is 2. The summed E-state index contributed by atoms with van der Waals surface area (Å²) in [4.78, 5) is 31.5. The predicted molar refractivity (Wildman–Crippen MR) is 118 cm³/mol. The molecule has 30 heavy (non-hydrogen) atoms. The average Bonchev–Trinajstić information content (AvgIpc) is 3.34. The van der Waals surface area contributed by atoms with Gasteiger partial charge < -0.3 is 15.1 Å². The fourth-order valence-corrected chi connectivity index (χ4v) is 4.60. The van der Waals surface area contributed by atoms with Crippen LogP contribution in [-0.4, -0.2) is 16.8 Å². The summed E-state index contributed by atoms with van der Waals surface area (Å²) in [7, 11) is 0. The van der Waals surface area contributed by atoms with E-state index in [2.05, 4.69) is 15.6 Å². The Morgan fingerprint density at radius 2 is 1.93 bits per heavy atom. The van der Waals surface area contributed by atoms with Gasteiger partial charge in [0.05, 0.1) is 29.1 Å². The van der Waals surface area contributed by atoms with Gasteiger partial charge in [0.15, 0.2) is 0 Å². The van der Waals surface area contributed by atoms with Crippen molar-refractivity contribution in [3.8, 4) is 0 Å². The lowest BCUT2D eigenvalue weighted by atomic mass is 10.1. The molecule has 0 aliphatic rings. The average molecular weight is 440 g/mol. The maximum absolute atomic E-state index is 13.0. The normalized spacial score (nSPS) is 10.9. The van der Waals surface area contributed by atoms with Gasteiger partial charge in [-0.1, -0.05) is 23.7 Å². The Balaban J connectivity index is 1.73. The number of carbonyl (C=O) groups is 2. The van der Waals surface area contributed by atoms with Gasteiger partial charge in [-0.3, -0.25) is 9.59 Å². The van der Waals surface area contributed by atoms with Gasteiger partial charge in [-0.25, -0.2) is 4.98 Å². The van der Waals surface area contributed by atoms with Gasteiger partial charge in [0, 0.05) is 11.1 Å². The van der Waals surface area contributed by atoms with E-state index in [0.717, 1.165) is 16.6 Å². The third-order valence-electron chi connectivity index (χ3n) is 4.55. The van der Waals surface area contributed by atoms with Gasteiger partial charge in [-0.15, -0.1) is 11.3 Å². The Hall–Kier alpha value is -3.16. The monoisotopic (exact) mass is 439 g/mol. The van der Waals surface area contributed by atoms with Gasteiger partial charge in [-0.2, -0.15) is 0 Å². The number of halogens is 1. The Labute approximate surface area is 181 Å². The summed E-state index contributed by atoms with van der Waals surface area (Å²) in [5.74, 6) is -0.0717. The summed E-state index contributed by atoms with van der Waals surface area (Å²) in [6, 6.07) is 12.2. The first kappa shape index (κ1) is 20.1. The minimum absolute atomic E-state index is 0.240. The number of carbonyl (C=O) groups excluding carboxylic acids is 2. The molecule has 1 aromatic carbocycles. The van der Waals surface area contributed by atoms with Crippen molar-refractivity contribution in [1.82, 2.24) is 10.3 Å². The number of nitrogens with one attached hydrogen (secondary N) is 2. The molecule has 152 valence electrons. The fraction of sp³-hybridized carbons (Fsp3) is 0.136. The number of nitrogens with zero attached hydrogens (tertiary/aromatic N) is 1. The molecule has 2 amide bonds. The third-order valence-corrected chi connectivity index (χ3v) is 5.97. The zero-order chi connectivity index (χ0) is 21.3. The number of hydrogen-bond acceptors (Lipinski definition) is 5. The molecule has 0 aliphatic heterocycles. The molecular formula is C22H18ClN3O3S. The SMILES string of the molecule is Cc1cc(C)c2c(NC(=O)c3ccccc3Cl)c(C(=O)NCc3ccco3)sc2n1. The molecular weight excluding hydrogens is 422 g/mol. The van der Waals surface area contributed by atoms with Crippen molar-refractivity contribution in [2.24, 2.45) is 0 Å². The van der Waals surface area contributed by atoms with Crippen LogP contribution in [0.4, 0.5) is 5.69 Å².